The first-order valence-corrected chi connectivity index (χ1v) is 8.12. The predicted octanol–water partition coefficient (Wildman–Crippen LogP) is 5.05. The topological polar surface area (TPSA) is 30.7 Å². The van der Waals surface area contributed by atoms with Crippen LogP contribution in [0.5, 0.6) is 0 Å². The fourth-order valence-electron chi connectivity index (χ4n) is 2.37. The quantitative estimate of drug-likeness (QED) is 0.609. The smallest absolute Gasteiger partial charge is 0.164 e. The van der Waals surface area contributed by atoms with Crippen molar-refractivity contribution in [3.05, 3.63) is 52.4 Å². The molecule has 0 spiro atoms. The van der Waals surface area contributed by atoms with Crippen LogP contribution in [-0.2, 0) is 5.88 Å². The Kier molecular flexibility index (Phi) is 4.00. The first-order valence-electron chi connectivity index (χ1n) is 6.79. The van der Waals surface area contributed by atoms with Crippen molar-refractivity contribution in [3.8, 4) is 5.69 Å². The molecule has 3 rings (SSSR count). The van der Waals surface area contributed by atoms with Crippen molar-refractivity contribution < 1.29 is 0 Å². The Morgan fingerprint density at radius 3 is 2.81 bits per heavy atom. The molecule has 0 radical (unpaired) electrons. The maximum Gasteiger partial charge on any atom is 0.164 e. The summed E-state index contributed by atoms with van der Waals surface area (Å²) in [4.78, 5) is 9.08. The number of aromatic nitrogens is 3. The molecule has 3 nitrogen and oxygen atoms in total. The van der Waals surface area contributed by atoms with Crippen LogP contribution < -0.4 is 0 Å². The van der Waals surface area contributed by atoms with Crippen LogP contribution in [0.25, 0.3) is 16.9 Å². The van der Waals surface area contributed by atoms with Gasteiger partial charge >= 0.3 is 0 Å². The van der Waals surface area contributed by atoms with Crippen LogP contribution in [0.2, 0.25) is 0 Å². The Balaban J connectivity index is 2.25. The average molecular weight is 365 g/mol. The van der Waals surface area contributed by atoms with Gasteiger partial charge < -0.3 is 0 Å². The highest BCUT2D eigenvalue weighted by atomic mass is 79.9. The van der Waals surface area contributed by atoms with Crippen LogP contribution in [0.15, 0.2) is 41.0 Å². The van der Waals surface area contributed by atoms with E-state index in [-0.39, 0.29) is 0 Å². The summed E-state index contributed by atoms with van der Waals surface area (Å²) >= 11 is 9.50. The standard InChI is InChI=1S/C16H15BrClN3/c1-10(2)11-4-3-5-13(6-11)21-15(8-18)20-14-7-12(17)9-19-16(14)21/h3-7,9-10H,8H2,1-2H3. The maximum atomic E-state index is 6.07. The van der Waals surface area contributed by atoms with Crippen LogP contribution in [0, 0.1) is 0 Å². The highest BCUT2D eigenvalue weighted by molar-refractivity contribution is 9.10. The van der Waals surface area contributed by atoms with Gasteiger partial charge in [0.05, 0.1) is 5.88 Å². The molecular formula is C16H15BrClN3. The first kappa shape index (κ1) is 14.5. The van der Waals surface area contributed by atoms with Gasteiger partial charge in [0.25, 0.3) is 0 Å². The number of imidazole rings is 1. The second-order valence-corrected chi connectivity index (χ2v) is 6.43. The molecule has 0 unspecified atom stereocenters. The fourth-order valence-corrected chi connectivity index (χ4v) is 2.87. The van der Waals surface area contributed by atoms with Crippen molar-refractivity contribution >= 4 is 38.7 Å². The van der Waals surface area contributed by atoms with E-state index in [2.05, 4.69) is 64.0 Å². The zero-order valence-corrected chi connectivity index (χ0v) is 14.2. The normalized spacial score (nSPS) is 11.5. The molecule has 2 aromatic heterocycles. The average Bonchev–Trinajstić information content (AvgIpc) is 2.84. The second-order valence-electron chi connectivity index (χ2n) is 5.24. The van der Waals surface area contributed by atoms with E-state index in [9.17, 15) is 0 Å². The minimum absolute atomic E-state index is 0.347. The lowest BCUT2D eigenvalue weighted by Crippen LogP contribution is -2.01. The van der Waals surface area contributed by atoms with Crippen molar-refractivity contribution in [2.75, 3.05) is 0 Å². The molecule has 0 fully saturated rings. The van der Waals surface area contributed by atoms with E-state index in [0.717, 1.165) is 27.1 Å². The number of halogens is 2. The third-order valence-corrected chi connectivity index (χ3v) is 4.12. The molecule has 5 heteroatoms. The van der Waals surface area contributed by atoms with Gasteiger partial charge in [-0.2, -0.15) is 0 Å². The third-order valence-electron chi connectivity index (χ3n) is 3.45. The molecule has 0 atom stereocenters. The molecule has 0 amide bonds. The molecule has 108 valence electrons. The molecule has 21 heavy (non-hydrogen) atoms. The minimum atomic E-state index is 0.347. The molecule has 2 heterocycles. The summed E-state index contributed by atoms with van der Waals surface area (Å²) < 4.78 is 2.94. The van der Waals surface area contributed by atoms with Crippen molar-refractivity contribution in [2.45, 2.75) is 25.6 Å². The summed E-state index contributed by atoms with van der Waals surface area (Å²) in [6.07, 6.45) is 1.78. The molecule has 0 bridgehead atoms. The molecule has 3 aromatic rings. The molecule has 0 aliphatic carbocycles. The third kappa shape index (κ3) is 2.70. The van der Waals surface area contributed by atoms with Crippen molar-refractivity contribution in [1.82, 2.24) is 14.5 Å². The van der Waals surface area contributed by atoms with Crippen molar-refractivity contribution in [3.63, 3.8) is 0 Å². The summed E-state index contributed by atoms with van der Waals surface area (Å²) in [6, 6.07) is 10.4. The van der Waals surface area contributed by atoms with Gasteiger partial charge in [-0.15, -0.1) is 11.6 Å². The molecule has 0 saturated carbocycles. The van der Waals surface area contributed by atoms with Crippen LogP contribution in [0.3, 0.4) is 0 Å². The van der Waals surface area contributed by atoms with Gasteiger partial charge in [-0.3, -0.25) is 4.57 Å². The number of alkyl halides is 1. The van der Waals surface area contributed by atoms with Gasteiger partial charge in [0.1, 0.15) is 11.3 Å². The monoisotopic (exact) mass is 363 g/mol. The highest BCUT2D eigenvalue weighted by Crippen LogP contribution is 2.25. The number of rotatable bonds is 3. The number of fused-ring (bicyclic) bond motifs is 1. The van der Waals surface area contributed by atoms with E-state index in [0.29, 0.717) is 11.8 Å². The zero-order valence-electron chi connectivity index (χ0n) is 11.8. The summed E-state index contributed by atoms with van der Waals surface area (Å²) in [5.74, 6) is 1.62. The van der Waals surface area contributed by atoms with Crippen molar-refractivity contribution in [1.29, 1.82) is 0 Å². The van der Waals surface area contributed by atoms with Gasteiger partial charge in [-0.05, 0) is 45.6 Å². The SMILES string of the molecule is CC(C)c1cccc(-n2c(CCl)nc3cc(Br)cnc32)c1. The van der Waals surface area contributed by atoms with E-state index in [1.165, 1.54) is 5.56 Å². The highest BCUT2D eigenvalue weighted by Gasteiger charge is 2.14. The molecule has 0 saturated heterocycles. The number of nitrogens with zero attached hydrogens (tertiary/aromatic N) is 3. The number of hydrogen-bond acceptors (Lipinski definition) is 2. The Morgan fingerprint density at radius 2 is 2.10 bits per heavy atom. The number of pyridine rings is 1. The molecular weight excluding hydrogens is 350 g/mol. The molecule has 0 aliphatic heterocycles. The first-order chi connectivity index (χ1) is 10.1. The van der Waals surface area contributed by atoms with E-state index in [4.69, 9.17) is 11.6 Å². The van der Waals surface area contributed by atoms with Gasteiger partial charge in [-0.25, -0.2) is 9.97 Å². The number of benzene rings is 1. The number of hydrogen-bond donors (Lipinski definition) is 0. The van der Waals surface area contributed by atoms with Gasteiger partial charge in [0, 0.05) is 16.4 Å². The van der Waals surface area contributed by atoms with E-state index in [1.807, 2.05) is 10.6 Å². The minimum Gasteiger partial charge on any atom is -0.280 e. The fraction of sp³-hybridized carbons (Fsp3) is 0.250. The maximum absolute atomic E-state index is 6.07. The van der Waals surface area contributed by atoms with Gasteiger partial charge in [0.15, 0.2) is 5.65 Å². The van der Waals surface area contributed by atoms with Crippen LogP contribution in [0.1, 0.15) is 31.2 Å². The molecule has 0 N–H and O–H groups in total. The molecule has 0 aliphatic rings. The summed E-state index contributed by atoms with van der Waals surface area (Å²) in [6.45, 7) is 4.37. The van der Waals surface area contributed by atoms with Crippen LogP contribution in [0.4, 0.5) is 0 Å². The van der Waals surface area contributed by atoms with Gasteiger partial charge in [-0.1, -0.05) is 26.0 Å². The lowest BCUT2D eigenvalue weighted by molar-refractivity contribution is 0.860. The predicted molar refractivity (Wildman–Crippen MR) is 90.2 cm³/mol. The van der Waals surface area contributed by atoms with E-state index >= 15 is 0 Å². The zero-order chi connectivity index (χ0) is 15.0. The Labute approximate surface area is 137 Å². The lowest BCUT2D eigenvalue weighted by atomic mass is 10.0. The summed E-state index contributed by atoms with van der Waals surface area (Å²) in [7, 11) is 0. The largest absolute Gasteiger partial charge is 0.280 e. The van der Waals surface area contributed by atoms with E-state index < -0.39 is 0 Å². The Hall–Kier alpha value is -1.39. The Morgan fingerprint density at radius 1 is 1.29 bits per heavy atom. The van der Waals surface area contributed by atoms with Crippen LogP contribution in [-0.4, -0.2) is 14.5 Å². The summed E-state index contributed by atoms with van der Waals surface area (Å²) in [5, 5.41) is 0. The van der Waals surface area contributed by atoms with Crippen LogP contribution >= 0.6 is 27.5 Å². The van der Waals surface area contributed by atoms with E-state index in [1.54, 1.807) is 6.20 Å². The second kappa shape index (κ2) is 5.78. The molecule has 1 aromatic carbocycles. The van der Waals surface area contributed by atoms with Gasteiger partial charge in [0.2, 0.25) is 0 Å². The van der Waals surface area contributed by atoms with Crippen molar-refractivity contribution in [2.24, 2.45) is 0 Å². The summed E-state index contributed by atoms with van der Waals surface area (Å²) in [5.41, 5.74) is 4.01. The lowest BCUT2D eigenvalue weighted by Gasteiger charge is -2.11. The Bertz CT molecular complexity index is 795.